The molecule has 184 valence electrons. The van der Waals surface area contributed by atoms with Crippen LogP contribution in [-0.4, -0.2) is 25.6 Å². The van der Waals surface area contributed by atoms with Gasteiger partial charge in [0.1, 0.15) is 11.0 Å². The molecule has 10 heteroatoms. The summed E-state index contributed by atoms with van der Waals surface area (Å²) in [4.78, 5) is 35.9. The van der Waals surface area contributed by atoms with E-state index in [4.69, 9.17) is 16.6 Å². The molecule has 4 aromatic rings. The Morgan fingerprint density at radius 2 is 1.86 bits per heavy atom. The molecular weight excluding hydrogens is 485 g/mol. The highest BCUT2D eigenvalue weighted by atomic mass is 35.5. The number of aromatic carboxylic acids is 1. The van der Waals surface area contributed by atoms with Gasteiger partial charge in [0.2, 0.25) is 5.95 Å². The molecule has 0 radical (unpaired) electrons. The predicted molar refractivity (Wildman–Crippen MR) is 136 cm³/mol. The van der Waals surface area contributed by atoms with Crippen LogP contribution < -0.4 is 15.8 Å². The fraction of sp³-hybridized carbons (Fsp3) is 0.231. The number of anilines is 2. The van der Waals surface area contributed by atoms with E-state index in [9.17, 15) is 19.1 Å². The van der Waals surface area contributed by atoms with E-state index >= 15 is 0 Å². The number of pyridine rings is 1. The third-order valence-electron chi connectivity index (χ3n) is 6.38. The summed E-state index contributed by atoms with van der Waals surface area (Å²) in [6.07, 6.45) is 0. The molecule has 2 aromatic carbocycles. The number of aromatic nitrogens is 3. The van der Waals surface area contributed by atoms with Crippen molar-refractivity contribution in [3.63, 3.8) is 0 Å². The third kappa shape index (κ3) is 4.15. The molecule has 2 N–H and O–H groups in total. The number of nitrogens with zero attached hydrogens (tertiary/aromatic N) is 4. The minimum Gasteiger partial charge on any atom is -0.476 e. The average Bonchev–Trinajstić information content (AvgIpc) is 3.29. The Balaban J connectivity index is 1.62. The highest BCUT2D eigenvalue weighted by Gasteiger charge is 2.25. The van der Waals surface area contributed by atoms with Crippen LogP contribution >= 0.6 is 11.6 Å². The molecule has 3 heterocycles. The molecule has 1 atom stereocenters. The normalized spacial score (nSPS) is 13.6. The summed E-state index contributed by atoms with van der Waals surface area (Å²) in [5, 5.41) is 12.8. The van der Waals surface area contributed by atoms with Crippen molar-refractivity contribution >= 4 is 40.1 Å². The standard InChI is InChI=1S/C26H23ClFN5O3/c1-3-33-24(34)19-11-17(28)10-18(14(2)29-20-8-9-21(27)30-23(20)25(35)36)22(19)31-26(33)32-12-15-6-4-5-7-16(15)13-32/h4-11,14,29H,3,12-13H2,1-2H3,(H,35,36)/t14-/m1/s1. The van der Waals surface area contributed by atoms with Crippen molar-refractivity contribution in [3.05, 3.63) is 92.2 Å². The fourth-order valence-electron chi connectivity index (χ4n) is 4.66. The molecule has 0 saturated heterocycles. The number of carboxylic acid groups (broad SMARTS) is 1. The van der Waals surface area contributed by atoms with Gasteiger partial charge in [-0.2, -0.15) is 0 Å². The summed E-state index contributed by atoms with van der Waals surface area (Å²) < 4.78 is 16.3. The van der Waals surface area contributed by atoms with Gasteiger partial charge in [-0.15, -0.1) is 0 Å². The summed E-state index contributed by atoms with van der Waals surface area (Å²) >= 11 is 5.87. The second-order valence-corrected chi connectivity index (χ2v) is 9.07. The molecule has 8 nitrogen and oxygen atoms in total. The Morgan fingerprint density at radius 3 is 2.50 bits per heavy atom. The summed E-state index contributed by atoms with van der Waals surface area (Å²) in [6.45, 7) is 5.19. The summed E-state index contributed by atoms with van der Waals surface area (Å²) in [5.74, 6) is -1.33. The van der Waals surface area contributed by atoms with Gasteiger partial charge >= 0.3 is 5.97 Å². The Kier molecular flexibility index (Phi) is 6.09. The minimum absolute atomic E-state index is 0.0415. The van der Waals surface area contributed by atoms with E-state index in [-0.39, 0.29) is 27.5 Å². The first-order valence-corrected chi connectivity index (χ1v) is 11.9. The number of carboxylic acids is 1. The van der Waals surface area contributed by atoms with Crippen molar-refractivity contribution in [1.82, 2.24) is 14.5 Å². The van der Waals surface area contributed by atoms with Gasteiger partial charge in [-0.1, -0.05) is 35.9 Å². The van der Waals surface area contributed by atoms with Crippen LogP contribution in [0.25, 0.3) is 10.9 Å². The van der Waals surface area contributed by atoms with E-state index in [0.29, 0.717) is 36.7 Å². The van der Waals surface area contributed by atoms with Crippen LogP contribution in [0.5, 0.6) is 0 Å². The summed E-state index contributed by atoms with van der Waals surface area (Å²) in [5.41, 5.74) is 2.74. The first-order valence-electron chi connectivity index (χ1n) is 11.5. The molecular formula is C26H23ClFN5O3. The van der Waals surface area contributed by atoms with E-state index in [0.717, 1.165) is 0 Å². The SMILES string of the molecule is CCn1c(N2Cc3ccccc3C2)nc2c([C@@H](C)Nc3ccc(Cl)nc3C(=O)O)cc(F)cc2c1=O. The molecule has 0 spiro atoms. The molecule has 0 fully saturated rings. The maximum atomic E-state index is 14.7. The van der Waals surface area contributed by atoms with Gasteiger partial charge in [-0.25, -0.2) is 19.2 Å². The lowest BCUT2D eigenvalue weighted by Crippen LogP contribution is -2.30. The molecule has 36 heavy (non-hydrogen) atoms. The topological polar surface area (TPSA) is 100 Å². The number of nitrogens with one attached hydrogen (secondary N) is 1. The molecule has 0 bridgehead atoms. The molecule has 2 aromatic heterocycles. The largest absolute Gasteiger partial charge is 0.476 e. The number of carbonyl (C=O) groups is 1. The zero-order valence-corrected chi connectivity index (χ0v) is 20.4. The van der Waals surface area contributed by atoms with Crippen LogP contribution in [0.15, 0.2) is 53.3 Å². The van der Waals surface area contributed by atoms with Crippen molar-refractivity contribution in [1.29, 1.82) is 0 Å². The predicted octanol–water partition coefficient (Wildman–Crippen LogP) is 5.00. The molecule has 0 saturated carbocycles. The monoisotopic (exact) mass is 507 g/mol. The summed E-state index contributed by atoms with van der Waals surface area (Å²) in [6, 6.07) is 12.9. The van der Waals surface area contributed by atoms with Crippen molar-refractivity contribution in [3.8, 4) is 0 Å². The molecule has 0 amide bonds. The number of halogens is 2. The van der Waals surface area contributed by atoms with Crippen molar-refractivity contribution in [2.24, 2.45) is 0 Å². The van der Waals surface area contributed by atoms with Crippen LogP contribution in [0.3, 0.4) is 0 Å². The first-order chi connectivity index (χ1) is 17.3. The lowest BCUT2D eigenvalue weighted by atomic mass is 10.0. The zero-order valence-electron chi connectivity index (χ0n) is 19.6. The Bertz CT molecular complexity index is 1550. The van der Waals surface area contributed by atoms with Crippen molar-refractivity contribution in [2.45, 2.75) is 39.5 Å². The molecule has 5 rings (SSSR count). The van der Waals surface area contributed by atoms with Crippen LogP contribution in [0.2, 0.25) is 5.15 Å². The van der Waals surface area contributed by atoms with Crippen LogP contribution in [0.4, 0.5) is 16.0 Å². The van der Waals surface area contributed by atoms with Crippen LogP contribution in [-0.2, 0) is 19.6 Å². The lowest BCUT2D eigenvalue weighted by molar-refractivity contribution is 0.0691. The van der Waals surface area contributed by atoms with Gasteiger partial charge in [0.15, 0.2) is 5.69 Å². The highest BCUT2D eigenvalue weighted by Crippen LogP contribution is 2.31. The van der Waals surface area contributed by atoms with Gasteiger partial charge < -0.3 is 15.3 Å². The van der Waals surface area contributed by atoms with E-state index < -0.39 is 17.8 Å². The number of rotatable bonds is 6. The van der Waals surface area contributed by atoms with E-state index in [1.54, 1.807) is 11.5 Å². The van der Waals surface area contributed by atoms with Crippen LogP contribution in [0.1, 0.15) is 47.1 Å². The number of fused-ring (bicyclic) bond motifs is 2. The number of benzene rings is 2. The van der Waals surface area contributed by atoms with Gasteiger partial charge in [0, 0.05) is 25.2 Å². The molecule has 0 aliphatic carbocycles. The fourth-order valence-corrected chi connectivity index (χ4v) is 4.81. The van der Waals surface area contributed by atoms with Gasteiger partial charge in [0.25, 0.3) is 5.56 Å². The van der Waals surface area contributed by atoms with Gasteiger partial charge in [-0.05, 0) is 49.2 Å². The minimum atomic E-state index is -1.25. The van der Waals surface area contributed by atoms with E-state index in [1.807, 2.05) is 24.0 Å². The molecule has 1 aliphatic rings. The average molecular weight is 508 g/mol. The van der Waals surface area contributed by atoms with E-state index in [2.05, 4.69) is 22.4 Å². The smallest absolute Gasteiger partial charge is 0.356 e. The molecule has 0 unspecified atom stereocenters. The van der Waals surface area contributed by atoms with E-state index in [1.165, 1.54) is 35.4 Å². The Labute approximate surface area is 211 Å². The number of hydrogen-bond acceptors (Lipinski definition) is 6. The maximum absolute atomic E-state index is 14.7. The van der Waals surface area contributed by atoms with Crippen molar-refractivity contribution in [2.75, 3.05) is 10.2 Å². The maximum Gasteiger partial charge on any atom is 0.356 e. The lowest BCUT2D eigenvalue weighted by Gasteiger charge is -2.23. The van der Waals surface area contributed by atoms with Crippen molar-refractivity contribution < 1.29 is 14.3 Å². The second kappa shape index (κ2) is 9.23. The summed E-state index contributed by atoms with van der Waals surface area (Å²) in [7, 11) is 0. The van der Waals surface area contributed by atoms with Gasteiger partial charge in [0.05, 0.1) is 22.6 Å². The zero-order chi connectivity index (χ0) is 25.6. The second-order valence-electron chi connectivity index (χ2n) is 8.68. The Hall–Kier alpha value is -3.98. The highest BCUT2D eigenvalue weighted by molar-refractivity contribution is 6.29. The first kappa shape index (κ1) is 23.7. The van der Waals surface area contributed by atoms with Gasteiger partial charge in [-0.3, -0.25) is 9.36 Å². The third-order valence-corrected chi connectivity index (χ3v) is 6.59. The quantitative estimate of drug-likeness (QED) is 0.354. The molecule has 1 aliphatic heterocycles. The number of hydrogen-bond donors (Lipinski definition) is 2. The Morgan fingerprint density at radius 1 is 1.17 bits per heavy atom. The van der Waals surface area contributed by atoms with Crippen LogP contribution in [0, 0.1) is 5.82 Å².